The minimum Gasteiger partial charge on any atom is -0.444 e. The molecular weight excluding hydrogens is 348 g/mol. The zero-order chi connectivity index (χ0) is 19.4. The van der Waals surface area contributed by atoms with Crippen molar-refractivity contribution in [3.63, 3.8) is 0 Å². The van der Waals surface area contributed by atoms with E-state index in [1.807, 2.05) is 30.3 Å². The fourth-order valence-corrected chi connectivity index (χ4v) is 2.87. The number of nitrogens with zero attached hydrogens (tertiary/aromatic N) is 3. The number of rotatable bonds is 5. The van der Waals surface area contributed by atoms with E-state index in [0.29, 0.717) is 25.3 Å². The molecule has 0 aliphatic carbocycles. The van der Waals surface area contributed by atoms with E-state index in [1.54, 1.807) is 25.7 Å². The highest BCUT2D eigenvalue weighted by Gasteiger charge is 2.33. The third kappa shape index (κ3) is 5.29. The van der Waals surface area contributed by atoms with E-state index < -0.39 is 11.7 Å². The average molecular weight is 372 g/mol. The van der Waals surface area contributed by atoms with Crippen LogP contribution in [-0.2, 0) is 22.6 Å². The maximum atomic E-state index is 12.3. The summed E-state index contributed by atoms with van der Waals surface area (Å²) in [6, 6.07) is 9.85. The number of hydrogen-bond acceptors (Lipinski definition) is 6. The Kier molecular flexibility index (Phi) is 5.43. The molecule has 1 unspecified atom stereocenters. The summed E-state index contributed by atoms with van der Waals surface area (Å²) in [7, 11) is 0. The monoisotopic (exact) mass is 372 g/mol. The van der Waals surface area contributed by atoms with Crippen molar-refractivity contribution < 1.29 is 18.8 Å². The minimum atomic E-state index is -0.573. The lowest BCUT2D eigenvalue weighted by atomic mass is 10.1. The highest BCUT2D eigenvalue weighted by molar-refractivity contribution is 5.79. The maximum Gasteiger partial charge on any atom is 0.408 e. The largest absolute Gasteiger partial charge is 0.444 e. The standard InChI is InChI=1S/C19H24N4O4/c1-19(2,3)26-18(25)20-10-15-21-17(22-27-15)14-9-16(24)23(12-14)11-13-7-5-4-6-8-13/h4-8,14H,9-12H2,1-3H3,(H,20,25). The summed E-state index contributed by atoms with van der Waals surface area (Å²) in [5, 5.41) is 6.54. The number of alkyl carbamates (subject to hydrolysis) is 1. The average Bonchev–Trinajstić information content (AvgIpc) is 3.20. The van der Waals surface area contributed by atoms with Gasteiger partial charge >= 0.3 is 6.09 Å². The summed E-state index contributed by atoms with van der Waals surface area (Å²) >= 11 is 0. The molecule has 0 spiro atoms. The molecule has 0 bridgehead atoms. The van der Waals surface area contributed by atoms with Crippen LogP contribution in [0.1, 0.15) is 50.4 Å². The number of carbonyl (C=O) groups is 2. The highest BCUT2D eigenvalue weighted by atomic mass is 16.6. The highest BCUT2D eigenvalue weighted by Crippen LogP contribution is 2.27. The van der Waals surface area contributed by atoms with Gasteiger partial charge < -0.3 is 19.5 Å². The van der Waals surface area contributed by atoms with E-state index in [9.17, 15) is 9.59 Å². The Morgan fingerprint density at radius 2 is 2.07 bits per heavy atom. The van der Waals surface area contributed by atoms with Crippen LogP contribution < -0.4 is 5.32 Å². The van der Waals surface area contributed by atoms with Crippen molar-refractivity contribution in [1.82, 2.24) is 20.4 Å². The van der Waals surface area contributed by atoms with Gasteiger partial charge in [-0.3, -0.25) is 4.79 Å². The molecule has 1 N–H and O–H groups in total. The number of nitrogens with one attached hydrogen (secondary N) is 1. The number of hydrogen-bond donors (Lipinski definition) is 1. The first-order valence-corrected chi connectivity index (χ1v) is 8.91. The first-order chi connectivity index (χ1) is 12.8. The topological polar surface area (TPSA) is 97.6 Å². The molecular formula is C19H24N4O4. The van der Waals surface area contributed by atoms with Crippen molar-refractivity contribution in [3.8, 4) is 0 Å². The van der Waals surface area contributed by atoms with E-state index in [0.717, 1.165) is 5.56 Å². The molecule has 1 saturated heterocycles. The van der Waals surface area contributed by atoms with Gasteiger partial charge in [-0.2, -0.15) is 4.98 Å². The number of aromatic nitrogens is 2. The molecule has 2 aromatic rings. The molecule has 1 aromatic carbocycles. The van der Waals surface area contributed by atoms with Crippen molar-refractivity contribution >= 4 is 12.0 Å². The first-order valence-electron chi connectivity index (χ1n) is 8.91. The molecule has 8 nitrogen and oxygen atoms in total. The van der Waals surface area contributed by atoms with Gasteiger partial charge in [0.1, 0.15) is 12.1 Å². The Balaban J connectivity index is 1.54. The second-order valence-corrected chi connectivity index (χ2v) is 7.56. The lowest BCUT2D eigenvalue weighted by molar-refractivity contribution is -0.128. The number of benzene rings is 1. The smallest absolute Gasteiger partial charge is 0.408 e. The van der Waals surface area contributed by atoms with Gasteiger partial charge in [-0.1, -0.05) is 35.5 Å². The second kappa shape index (κ2) is 7.77. The summed E-state index contributed by atoms with van der Waals surface area (Å²) in [4.78, 5) is 30.1. The Morgan fingerprint density at radius 3 is 2.78 bits per heavy atom. The van der Waals surface area contributed by atoms with Gasteiger partial charge in [0.25, 0.3) is 0 Å². The number of ether oxygens (including phenoxy) is 1. The molecule has 1 aliphatic heterocycles. The molecule has 0 radical (unpaired) electrons. The zero-order valence-electron chi connectivity index (χ0n) is 15.8. The van der Waals surface area contributed by atoms with Gasteiger partial charge in [0.05, 0.1) is 0 Å². The van der Waals surface area contributed by atoms with Crippen LogP contribution in [0.5, 0.6) is 0 Å². The Morgan fingerprint density at radius 1 is 1.33 bits per heavy atom. The van der Waals surface area contributed by atoms with Crippen LogP contribution in [0.2, 0.25) is 0 Å². The van der Waals surface area contributed by atoms with Crippen LogP contribution in [0, 0.1) is 0 Å². The molecule has 1 aliphatic rings. The van der Waals surface area contributed by atoms with Crippen LogP contribution in [-0.4, -0.2) is 39.2 Å². The van der Waals surface area contributed by atoms with E-state index >= 15 is 0 Å². The summed E-state index contributed by atoms with van der Waals surface area (Å²) in [5.74, 6) is 0.729. The lowest BCUT2D eigenvalue weighted by Gasteiger charge is -2.19. The lowest BCUT2D eigenvalue weighted by Crippen LogP contribution is -2.32. The normalized spacial score (nSPS) is 17.2. The van der Waals surface area contributed by atoms with Gasteiger partial charge in [0.2, 0.25) is 11.8 Å². The van der Waals surface area contributed by atoms with Crippen molar-refractivity contribution in [3.05, 3.63) is 47.6 Å². The minimum absolute atomic E-state index is 0.0714. The molecule has 8 heteroatoms. The van der Waals surface area contributed by atoms with Crippen LogP contribution in [0.15, 0.2) is 34.9 Å². The van der Waals surface area contributed by atoms with Crippen LogP contribution in [0.4, 0.5) is 4.79 Å². The molecule has 1 fully saturated rings. The van der Waals surface area contributed by atoms with Crippen LogP contribution in [0.25, 0.3) is 0 Å². The quantitative estimate of drug-likeness (QED) is 0.866. The maximum absolute atomic E-state index is 12.3. The predicted octanol–water partition coefficient (Wildman–Crippen LogP) is 2.61. The van der Waals surface area contributed by atoms with Crippen molar-refractivity contribution in [2.75, 3.05) is 6.54 Å². The van der Waals surface area contributed by atoms with Gasteiger partial charge in [-0.25, -0.2) is 4.79 Å². The van der Waals surface area contributed by atoms with Gasteiger partial charge in [-0.15, -0.1) is 0 Å². The van der Waals surface area contributed by atoms with E-state index in [1.165, 1.54) is 0 Å². The number of carbonyl (C=O) groups excluding carboxylic acids is 2. The zero-order valence-corrected chi connectivity index (χ0v) is 15.8. The van der Waals surface area contributed by atoms with Crippen molar-refractivity contribution in [1.29, 1.82) is 0 Å². The van der Waals surface area contributed by atoms with Gasteiger partial charge in [0, 0.05) is 25.4 Å². The summed E-state index contributed by atoms with van der Waals surface area (Å²) in [5.41, 5.74) is 0.512. The SMILES string of the molecule is CC(C)(C)OC(=O)NCc1nc(C2CC(=O)N(Cc3ccccc3)C2)no1. The molecule has 1 aromatic heterocycles. The molecule has 0 saturated carbocycles. The molecule has 3 rings (SSSR count). The Hall–Kier alpha value is -2.90. The van der Waals surface area contributed by atoms with Crippen molar-refractivity contribution in [2.24, 2.45) is 0 Å². The third-order valence-corrected chi connectivity index (χ3v) is 4.06. The summed E-state index contributed by atoms with van der Waals surface area (Å²) in [6.45, 7) is 6.56. The first kappa shape index (κ1) is 18.9. The van der Waals surface area contributed by atoms with E-state index in [4.69, 9.17) is 9.26 Å². The number of amides is 2. The van der Waals surface area contributed by atoms with E-state index in [-0.39, 0.29) is 24.3 Å². The van der Waals surface area contributed by atoms with E-state index in [2.05, 4.69) is 15.5 Å². The Labute approximate surface area is 157 Å². The fraction of sp³-hybridized carbons (Fsp3) is 0.474. The van der Waals surface area contributed by atoms with Gasteiger partial charge in [-0.05, 0) is 26.3 Å². The molecule has 2 amide bonds. The Bertz CT molecular complexity index is 798. The molecule has 27 heavy (non-hydrogen) atoms. The van der Waals surface area contributed by atoms with Gasteiger partial charge in [0.15, 0.2) is 5.82 Å². The molecule has 2 heterocycles. The third-order valence-electron chi connectivity index (χ3n) is 4.06. The summed E-state index contributed by atoms with van der Waals surface area (Å²) in [6.07, 6.45) is -0.196. The molecule has 1 atom stereocenters. The van der Waals surface area contributed by atoms with Crippen LogP contribution in [0.3, 0.4) is 0 Å². The number of likely N-dealkylation sites (tertiary alicyclic amines) is 1. The molecule has 144 valence electrons. The summed E-state index contributed by atoms with van der Waals surface area (Å²) < 4.78 is 10.3. The van der Waals surface area contributed by atoms with Crippen LogP contribution >= 0.6 is 0 Å². The second-order valence-electron chi connectivity index (χ2n) is 7.56. The predicted molar refractivity (Wildman–Crippen MR) is 96.6 cm³/mol. The fourth-order valence-electron chi connectivity index (χ4n) is 2.87. The van der Waals surface area contributed by atoms with Crippen molar-refractivity contribution in [2.45, 2.75) is 51.8 Å².